The van der Waals surface area contributed by atoms with Crippen molar-refractivity contribution in [3.8, 4) is 11.5 Å². The number of ether oxygens (including phenoxy) is 2. The molecule has 4 rings (SSSR count). The molecule has 0 atom stereocenters. The molecule has 1 heterocycles. The van der Waals surface area contributed by atoms with Crippen molar-refractivity contribution >= 4 is 28.8 Å². The zero-order valence-corrected chi connectivity index (χ0v) is 18.2. The van der Waals surface area contributed by atoms with Crippen molar-refractivity contribution in [2.24, 2.45) is 0 Å². The lowest BCUT2D eigenvalue weighted by Gasteiger charge is -2.15. The van der Waals surface area contributed by atoms with E-state index in [9.17, 15) is 9.59 Å². The fourth-order valence-electron chi connectivity index (χ4n) is 3.59. The van der Waals surface area contributed by atoms with E-state index in [-0.39, 0.29) is 17.4 Å². The van der Waals surface area contributed by atoms with Gasteiger partial charge in [-0.15, -0.1) is 0 Å². The lowest BCUT2D eigenvalue weighted by molar-refractivity contribution is -0.120. The smallest absolute Gasteiger partial charge is 0.282 e. The van der Waals surface area contributed by atoms with Crippen LogP contribution < -0.4 is 19.7 Å². The van der Waals surface area contributed by atoms with Crippen LogP contribution in [0.1, 0.15) is 19.4 Å². The monoisotopic (exact) mass is 428 g/mol. The molecular weight excluding hydrogens is 404 g/mol. The number of rotatable bonds is 7. The Bertz CT molecular complexity index is 1170. The standard InChI is InChI=1S/C26H24N2O4/c1-17(2)32-20-15-13-18(14-16-20)27-24-23(21-11-7-8-12-22(21)31-3)25(29)28(26(24)30)19-9-5-4-6-10-19/h4-17,27H,1-3H3. The summed E-state index contributed by atoms with van der Waals surface area (Å²) in [4.78, 5) is 28.1. The maximum atomic E-state index is 13.5. The fourth-order valence-corrected chi connectivity index (χ4v) is 3.59. The van der Waals surface area contributed by atoms with Crippen LogP contribution in [0.25, 0.3) is 5.57 Å². The highest BCUT2D eigenvalue weighted by Crippen LogP contribution is 2.37. The Labute approximate surface area is 187 Å². The molecular formula is C26H24N2O4. The van der Waals surface area contributed by atoms with Crippen molar-refractivity contribution < 1.29 is 19.1 Å². The summed E-state index contributed by atoms with van der Waals surface area (Å²) in [5.41, 5.74) is 2.18. The average Bonchev–Trinajstić information content (AvgIpc) is 3.04. The first-order valence-corrected chi connectivity index (χ1v) is 10.3. The Hall–Kier alpha value is -4.06. The van der Waals surface area contributed by atoms with Gasteiger partial charge >= 0.3 is 0 Å². The fraction of sp³-hybridized carbons (Fsp3) is 0.154. The Kier molecular flexibility index (Phi) is 5.94. The van der Waals surface area contributed by atoms with E-state index >= 15 is 0 Å². The van der Waals surface area contributed by atoms with Gasteiger partial charge in [0.2, 0.25) is 0 Å². The number of nitrogens with zero attached hydrogens (tertiary/aromatic N) is 1. The third-order valence-corrected chi connectivity index (χ3v) is 4.97. The summed E-state index contributed by atoms with van der Waals surface area (Å²) in [7, 11) is 1.54. The van der Waals surface area contributed by atoms with E-state index < -0.39 is 11.8 Å². The molecule has 1 aliphatic heterocycles. The summed E-state index contributed by atoms with van der Waals surface area (Å²) in [6.07, 6.45) is 0.0575. The molecule has 32 heavy (non-hydrogen) atoms. The highest BCUT2D eigenvalue weighted by Gasteiger charge is 2.41. The molecule has 0 aromatic heterocycles. The summed E-state index contributed by atoms with van der Waals surface area (Å²) >= 11 is 0. The van der Waals surface area contributed by atoms with Gasteiger partial charge in [-0.1, -0.05) is 36.4 Å². The largest absolute Gasteiger partial charge is 0.496 e. The quantitative estimate of drug-likeness (QED) is 0.544. The molecule has 0 saturated carbocycles. The van der Waals surface area contributed by atoms with Gasteiger partial charge in [-0.05, 0) is 56.3 Å². The maximum absolute atomic E-state index is 13.5. The molecule has 6 nitrogen and oxygen atoms in total. The van der Waals surface area contributed by atoms with Crippen LogP contribution in [0, 0.1) is 0 Å². The Morgan fingerprint density at radius 3 is 2.12 bits per heavy atom. The normalized spacial score (nSPS) is 13.7. The molecule has 0 bridgehead atoms. The van der Waals surface area contributed by atoms with Crippen LogP contribution in [0.4, 0.5) is 11.4 Å². The van der Waals surface area contributed by atoms with Crippen molar-refractivity contribution in [1.29, 1.82) is 0 Å². The minimum atomic E-state index is -0.426. The van der Waals surface area contributed by atoms with E-state index in [2.05, 4.69) is 5.32 Å². The lowest BCUT2D eigenvalue weighted by Crippen LogP contribution is -2.32. The van der Waals surface area contributed by atoms with Gasteiger partial charge in [-0.25, -0.2) is 4.90 Å². The molecule has 0 spiro atoms. The molecule has 0 aliphatic carbocycles. The number of carbonyl (C=O) groups is 2. The highest BCUT2D eigenvalue weighted by atomic mass is 16.5. The second kappa shape index (κ2) is 8.98. The molecule has 0 saturated heterocycles. The van der Waals surface area contributed by atoms with Crippen LogP contribution in [0.3, 0.4) is 0 Å². The number of hydrogen-bond donors (Lipinski definition) is 1. The highest BCUT2D eigenvalue weighted by molar-refractivity contribution is 6.46. The molecule has 0 fully saturated rings. The van der Waals surface area contributed by atoms with E-state index in [4.69, 9.17) is 9.47 Å². The van der Waals surface area contributed by atoms with Gasteiger partial charge in [-0.2, -0.15) is 0 Å². The predicted octanol–water partition coefficient (Wildman–Crippen LogP) is 4.88. The molecule has 0 unspecified atom stereocenters. The van der Waals surface area contributed by atoms with E-state index in [1.807, 2.05) is 56.3 Å². The minimum Gasteiger partial charge on any atom is -0.496 e. The van der Waals surface area contributed by atoms with Gasteiger partial charge in [-0.3, -0.25) is 9.59 Å². The number of methoxy groups -OCH3 is 1. The molecule has 162 valence electrons. The summed E-state index contributed by atoms with van der Waals surface area (Å²) in [6, 6.07) is 23.3. The van der Waals surface area contributed by atoms with Crippen molar-refractivity contribution in [3.63, 3.8) is 0 Å². The summed E-state index contributed by atoms with van der Waals surface area (Å²) < 4.78 is 11.2. The third-order valence-electron chi connectivity index (χ3n) is 4.97. The van der Waals surface area contributed by atoms with Crippen LogP contribution in [0.15, 0.2) is 84.6 Å². The van der Waals surface area contributed by atoms with Crippen molar-refractivity contribution in [1.82, 2.24) is 0 Å². The Morgan fingerprint density at radius 1 is 0.812 bits per heavy atom. The second-order valence-electron chi connectivity index (χ2n) is 7.55. The van der Waals surface area contributed by atoms with Crippen molar-refractivity contribution in [2.45, 2.75) is 20.0 Å². The number of hydrogen-bond acceptors (Lipinski definition) is 5. The van der Waals surface area contributed by atoms with Gasteiger partial charge in [0, 0.05) is 11.3 Å². The van der Waals surface area contributed by atoms with E-state index in [1.54, 1.807) is 36.4 Å². The number of benzene rings is 3. The lowest BCUT2D eigenvalue weighted by atomic mass is 10.0. The second-order valence-corrected chi connectivity index (χ2v) is 7.55. The predicted molar refractivity (Wildman–Crippen MR) is 125 cm³/mol. The van der Waals surface area contributed by atoms with Gasteiger partial charge in [0.05, 0.1) is 24.5 Å². The first-order chi connectivity index (χ1) is 15.5. The zero-order chi connectivity index (χ0) is 22.7. The summed E-state index contributed by atoms with van der Waals surface area (Å²) in [6.45, 7) is 3.91. The summed E-state index contributed by atoms with van der Waals surface area (Å²) in [5, 5.41) is 3.16. The number of nitrogens with one attached hydrogen (secondary N) is 1. The van der Waals surface area contributed by atoms with Crippen LogP contribution >= 0.6 is 0 Å². The SMILES string of the molecule is COc1ccccc1C1=C(Nc2ccc(OC(C)C)cc2)C(=O)N(c2ccccc2)C1=O. The topological polar surface area (TPSA) is 67.9 Å². The van der Waals surface area contributed by atoms with E-state index in [1.165, 1.54) is 12.0 Å². The van der Waals surface area contributed by atoms with E-state index in [0.717, 1.165) is 5.75 Å². The Morgan fingerprint density at radius 2 is 1.47 bits per heavy atom. The number of anilines is 2. The minimum absolute atomic E-state index is 0.0575. The third kappa shape index (κ3) is 4.07. The van der Waals surface area contributed by atoms with Crippen LogP contribution in [0.5, 0.6) is 11.5 Å². The van der Waals surface area contributed by atoms with Crippen molar-refractivity contribution in [2.75, 3.05) is 17.3 Å². The number of imide groups is 1. The number of para-hydroxylation sites is 2. The van der Waals surface area contributed by atoms with Crippen LogP contribution in [-0.2, 0) is 9.59 Å². The molecule has 0 radical (unpaired) electrons. The van der Waals surface area contributed by atoms with Crippen LogP contribution in [0.2, 0.25) is 0 Å². The first-order valence-electron chi connectivity index (χ1n) is 10.3. The van der Waals surface area contributed by atoms with Gasteiger partial charge in [0.1, 0.15) is 17.2 Å². The van der Waals surface area contributed by atoms with E-state index in [0.29, 0.717) is 22.7 Å². The molecule has 3 aromatic carbocycles. The molecule has 6 heteroatoms. The van der Waals surface area contributed by atoms with Gasteiger partial charge in [0.15, 0.2) is 0 Å². The van der Waals surface area contributed by atoms with Crippen LogP contribution in [-0.4, -0.2) is 25.0 Å². The number of amides is 2. The first kappa shape index (κ1) is 21.2. The molecule has 1 N–H and O–H groups in total. The molecule has 1 aliphatic rings. The molecule has 3 aromatic rings. The Balaban J connectivity index is 1.77. The average molecular weight is 428 g/mol. The van der Waals surface area contributed by atoms with Gasteiger partial charge in [0.25, 0.3) is 11.8 Å². The number of carbonyl (C=O) groups excluding carboxylic acids is 2. The van der Waals surface area contributed by atoms with Gasteiger partial charge < -0.3 is 14.8 Å². The maximum Gasteiger partial charge on any atom is 0.282 e. The van der Waals surface area contributed by atoms with Crippen molar-refractivity contribution in [3.05, 3.63) is 90.1 Å². The zero-order valence-electron chi connectivity index (χ0n) is 18.2. The summed E-state index contributed by atoms with van der Waals surface area (Å²) in [5.74, 6) is 0.403. The molecule has 2 amide bonds.